The average Bonchev–Trinajstić information content (AvgIpc) is 3.69. The topological polar surface area (TPSA) is 112 Å². The maximum Gasteiger partial charge on any atom is 0.178 e. The molecule has 37 heavy (non-hydrogen) atoms. The van der Waals surface area contributed by atoms with E-state index in [-0.39, 0.29) is 5.69 Å². The molecule has 1 fully saturated rings. The van der Waals surface area contributed by atoms with E-state index in [9.17, 15) is 0 Å². The van der Waals surface area contributed by atoms with Gasteiger partial charge in [0.2, 0.25) is 0 Å². The van der Waals surface area contributed by atoms with Crippen molar-refractivity contribution >= 4 is 22.1 Å². The number of pyridine rings is 4. The number of aromatic nitrogens is 8. The van der Waals surface area contributed by atoms with E-state index in [1.165, 1.54) is 12.8 Å². The first-order chi connectivity index (χ1) is 18.2. The van der Waals surface area contributed by atoms with Gasteiger partial charge in [-0.2, -0.15) is 5.10 Å². The number of halogens is 1. The highest BCUT2D eigenvalue weighted by Gasteiger charge is 2.22. The zero-order valence-electron chi connectivity index (χ0n) is 19.8. The summed E-state index contributed by atoms with van der Waals surface area (Å²) in [5, 5.41) is 7.59. The Kier molecular flexibility index (Phi) is 5.17. The first kappa shape index (κ1) is 21.7. The third-order valence-electron chi connectivity index (χ3n) is 6.81. The van der Waals surface area contributed by atoms with Crippen molar-refractivity contribution in [2.45, 2.75) is 19.4 Å². The maximum atomic E-state index is 16.0. The Morgan fingerprint density at radius 3 is 2.68 bits per heavy atom. The number of fused-ring (bicyclic) bond motifs is 2. The Labute approximate surface area is 210 Å². The van der Waals surface area contributed by atoms with E-state index in [0.717, 1.165) is 41.8 Å². The molecule has 0 atom stereocenters. The number of nitrogens with zero attached hydrogens (tertiary/aromatic N) is 7. The van der Waals surface area contributed by atoms with Crippen molar-refractivity contribution in [2.75, 3.05) is 13.1 Å². The lowest BCUT2D eigenvalue weighted by molar-refractivity contribution is 0.331. The lowest BCUT2D eigenvalue weighted by atomic mass is 10.1. The summed E-state index contributed by atoms with van der Waals surface area (Å²) in [5.74, 6) is -0.0516. The fraction of sp³-hybridized carbons (Fsp3) is 0.185. The predicted octanol–water partition coefficient (Wildman–Crippen LogP) is 4.76. The fourth-order valence-electron chi connectivity index (χ4n) is 5.04. The van der Waals surface area contributed by atoms with Crippen molar-refractivity contribution in [3.63, 3.8) is 0 Å². The molecule has 0 bridgehead atoms. The molecule has 0 unspecified atom stereocenters. The molecule has 10 heteroatoms. The molecule has 9 nitrogen and oxygen atoms in total. The number of aromatic amines is 2. The molecule has 0 spiro atoms. The van der Waals surface area contributed by atoms with Gasteiger partial charge in [-0.1, -0.05) is 6.07 Å². The molecule has 6 aromatic rings. The van der Waals surface area contributed by atoms with Crippen LogP contribution in [0.25, 0.3) is 56.0 Å². The molecule has 0 radical (unpaired) electrons. The Morgan fingerprint density at radius 1 is 0.919 bits per heavy atom. The minimum Gasteiger partial charge on any atom is -0.335 e. The number of hydrogen-bond acceptors (Lipinski definition) is 7. The summed E-state index contributed by atoms with van der Waals surface area (Å²) < 4.78 is 16.0. The van der Waals surface area contributed by atoms with Gasteiger partial charge < -0.3 is 4.98 Å². The number of nitrogens with one attached hydrogen (secondary N) is 2. The lowest BCUT2D eigenvalue weighted by Crippen LogP contribution is -2.18. The monoisotopic (exact) mass is 491 g/mol. The SMILES string of the molecule is Fc1c(-c2cncc(CN3CCCC3)c2)ncc2[nH]nc(-c3nc4nccc(-c5cccnc5)c4[nH]3)c12. The van der Waals surface area contributed by atoms with Gasteiger partial charge >= 0.3 is 0 Å². The van der Waals surface area contributed by atoms with Gasteiger partial charge in [0.05, 0.1) is 22.6 Å². The number of imidazole rings is 1. The summed E-state index contributed by atoms with van der Waals surface area (Å²) >= 11 is 0. The van der Waals surface area contributed by atoms with E-state index in [1.807, 2.05) is 30.5 Å². The van der Waals surface area contributed by atoms with Gasteiger partial charge in [-0.25, -0.2) is 14.4 Å². The standard InChI is InChI=1S/C27H22FN9/c28-22-21-20(14-32-23(22)18-10-16(11-30-13-18)15-37-8-1-2-9-37)35-36-25(21)27-33-24-19(5-7-31-26(24)34-27)17-4-3-6-29-12-17/h3-7,10-14H,1-2,8-9,15H2,(H,35,36)(H,31,33,34). The normalized spacial score (nSPS) is 14.2. The third-order valence-corrected chi connectivity index (χ3v) is 6.81. The Balaban J connectivity index is 1.32. The van der Waals surface area contributed by atoms with Gasteiger partial charge in [-0.05, 0) is 49.7 Å². The van der Waals surface area contributed by atoms with E-state index in [4.69, 9.17) is 0 Å². The summed E-state index contributed by atoms with van der Waals surface area (Å²) in [7, 11) is 0. The summed E-state index contributed by atoms with van der Waals surface area (Å²) in [5.41, 5.74) is 5.84. The molecule has 1 saturated heterocycles. The minimum atomic E-state index is -0.470. The summed E-state index contributed by atoms with van der Waals surface area (Å²) in [4.78, 5) is 27.7. The minimum absolute atomic E-state index is 0.233. The molecule has 182 valence electrons. The highest BCUT2D eigenvalue weighted by atomic mass is 19.1. The smallest absolute Gasteiger partial charge is 0.178 e. The van der Waals surface area contributed by atoms with Crippen LogP contribution in [0.2, 0.25) is 0 Å². The van der Waals surface area contributed by atoms with Crippen molar-refractivity contribution in [3.8, 4) is 33.9 Å². The summed E-state index contributed by atoms with van der Waals surface area (Å²) in [6.07, 6.45) is 12.7. The fourth-order valence-corrected chi connectivity index (χ4v) is 5.04. The van der Waals surface area contributed by atoms with E-state index >= 15 is 4.39 Å². The predicted molar refractivity (Wildman–Crippen MR) is 138 cm³/mol. The van der Waals surface area contributed by atoms with Crippen LogP contribution in [0.5, 0.6) is 0 Å². The highest BCUT2D eigenvalue weighted by Crippen LogP contribution is 2.34. The largest absolute Gasteiger partial charge is 0.335 e. The number of likely N-dealkylation sites (tertiary alicyclic amines) is 1. The molecule has 0 aliphatic carbocycles. The third kappa shape index (κ3) is 3.82. The molecule has 0 amide bonds. The van der Waals surface area contributed by atoms with Crippen molar-refractivity contribution in [1.82, 2.24) is 45.0 Å². The van der Waals surface area contributed by atoms with Gasteiger partial charge in [-0.15, -0.1) is 0 Å². The number of H-pyrrole nitrogens is 2. The van der Waals surface area contributed by atoms with Gasteiger partial charge in [0.1, 0.15) is 11.4 Å². The van der Waals surface area contributed by atoms with Crippen LogP contribution in [0.1, 0.15) is 18.4 Å². The second kappa shape index (κ2) is 8.82. The van der Waals surface area contributed by atoms with Gasteiger partial charge in [0, 0.05) is 54.2 Å². The summed E-state index contributed by atoms with van der Waals surface area (Å²) in [6, 6.07) is 7.71. The van der Waals surface area contributed by atoms with Crippen LogP contribution >= 0.6 is 0 Å². The van der Waals surface area contributed by atoms with Crippen LogP contribution in [0, 0.1) is 5.82 Å². The molecule has 1 aliphatic heterocycles. The first-order valence-corrected chi connectivity index (χ1v) is 12.2. The van der Waals surface area contributed by atoms with Crippen LogP contribution < -0.4 is 0 Å². The maximum absolute atomic E-state index is 16.0. The van der Waals surface area contributed by atoms with Crippen LogP contribution in [-0.2, 0) is 6.54 Å². The number of hydrogen-bond donors (Lipinski definition) is 2. The second-order valence-corrected chi connectivity index (χ2v) is 9.23. The molecule has 0 aromatic carbocycles. The Morgan fingerprint density at radius 2 is 1.81 bits per heavy atom. The van der Waals surface area contributed by atoms with Crippen molar-refractivity contribution in [3.05, 3.63) is 72.8 Å². The molecular formula is C27H22FN9. The summed E-state index contributed by atoms with van der Waals surface area (Å²) in [6.45, 7) is 2.96. The van der Waals surface area contributed by atoms with E-state index in [1.54, 1.807) is 31.0 Å². The second-order valence-electron chi connectivity index (χ2n) is 9.23. The Bertz CT molecular complexity index is 1740. The van der Waals surface area contributed by atoms with Crippen molar-refractivity contribution in [1.29, 1.82) is 0 Å². The zero-order chi connectivity index (χ0) is 24.8. The molecule has 1 aliphatic rings. The van der Waals surface area contributed by atoms with E-state index < -0.39 is 5.82 Å². The van der Waals surface area contributed by atoms with Gasteiger partial charge in [0.25, 0.3) is 0 Å². The molecule has 7 heterocycles. The molecule has 6 aromatic heterocycles. The first-order valence-electron chi connectivity index (χ1n) is 12.2. The lowest BCUT2D eigenvalue weighted by Gasteiger charge is -2.14. The van der Waals surface area contributed by atoms with Crippen LogP contribution in [-0.4, -0.2) is 58.1 Å². The highest BCUT2D eigenvalue weighted by molar-refractivity contribution is 5.97. The molecular weight excluding hydrogens is 469 g/mol. The quantitative estimate of drug-likeness (QED) is 0.358. The molecule has 2 N–H and O–H groups in total. The van der Waals surface area contributed by atoms with Crippen LogP contribution in [0.3, 0.4) is 0 Å². The van der Waals surface area contributed by atoms with E-state index in [2.05, 4.69) is 45.0 Å². The number of rotatable bonds is 5. The molecule has 0 saturated carbocycles. The van der Waals surface area contributed by atoms with Crippen LogP contribution in [0.15, 0.2) is 61.4 Å². The molecule has 7 rings (SSSR count). The average molecular weight is 492 g/mol. The van der Waals surface area contributed by atoms with E-state index in [0.29, 0.717) is 33.6 Å². The zero-order valence-corrected chi connectivity index (χ0v) is 19.8. The van der Waals surface area contributed by atoms with Crippen molar-refractivity contribution < 1.29 is 4.39 Å². The van der Waals surface area contributed by atoms with Crippen LogP contribution in [0.4, 0.5) is 4.39 Å². The van der Waals surface area contributed by atoms with Gasteiger partial charge in [0.15, 0.2) is 17.3 Å². The van der Waals surface area contributed by atoms with Gasteiger partial charge in [-0.3, -0.25) is 25.0 Å². The van der Waals surface area contributed by atoms with Crippen molar-refractivity contribution in [2.24, 2.45) is 0 Å². The Hall–Kier alpha value is -4.57.